The van der Waals surface area contributed by atoms with Gasteiger partial charge in [-0.05, 0) is 67.7 Å². The van der Waals surface area contributed by atoms with Crippen LogP contribution in [0.3, 0.4) is 0 Å². The first-order valence-corrected chi connectivity index (χ1v) is 13.8. The summed E-state index contributed by atoms with van der Waals surface area (Å²) >= 11 is 6.26. The van der Waals surface area contributed by atoms with Gasteiger partial charge in [0.1, 0.15) is 12.5 Å². The first-order valence-electron chi connectivity index (χ1n) is 13.4. The van der Waals surface area contributed by atoms with Crippen molar-refractivity contribution in [1.82, 2.24) is 10.6 Å². The Hall–Kier alpha value is -2.29. The van der Waals surface area contributed by atoms with Crippen LogP contribution in [-0.2, 0) is 15.0 Å². The van der Waals surface area contributed by atoms with Crippen molar-refractivity contribution < 1.29 is 23.5 Å². The Morgan fingerprint density at radius 1 is 1.26 bits per heavy atom. The molecule has 1 spiro atoms. The van der Waals surface area contributed by atoms with Gasteiger partial charge in [0.05, 0.1) is 17.6 Å². The molecular weight excluding hydrogens is 512 g/mol. The zero-order valence-electron chi connectivity index (χ0n) is 22.2. The van der Waals surface area contributed by atoms with Crippen LogP contribution in [0.4, 0.5) is 14.5 Å². The normalized spacial score (nSPS) is 31.6. The summed E-state index contributed by atoms with van der Waals surface area (Å²) in [6.07, 6.45) is 7.42. The third kappa shape index (κ3) is 5.82. The van der Waals surface area contributed by atoms with E-state index in [4.69, 9.17) is 11.6 Å². The molecule has 0 bridgehead atoms. The van der Waals surface area contributed by atoms with Crippen molar-refractivity contribution in [2.45, 2.75) is 88.9 Å². The summed E-state index contributed by atoms with van der Waals surface area (Å²) in [4.78, 5) is 27.7. The maximum atomic E-state index is 14.0. The van der Waals surface area contributed by atoms with E-state index in [1.165, 1.54) is 6.08 Å². The van der Waals surface area contributed by atoms with E-state index in [0.717, 1.165) is 11.6 Å². The zero-order valence-corrected chi connectivity index (χ0v) is 23.0. The van der Waals surface area contributed by atoms with Crippen molar-refractivity contribution in [2.75, 3.05) is 12.0 Å². The molecule has 2 heterocycles. The number of rotatable bonds is 7. The molecule has 2 aliphatic heterocycles. The second-order valence-electron chi connectivity index (χ2n) is 12.0. The fourth-order valence-corrected chi connectivity index (χ4v) is 6.57. The molecule has 4 atom stereocenters. The number of allylic oxidation sites excluding steroid dienone is 4. The molecule has 1 aromatic carbocycles. The van der Waals surface area contributed by atoms with Gasteiger partial charge in [-0.3, -0.25) is 9.59 Å². The summed E-state index contributed by atoms with van der Waals surface area (Å²) in [5.41, 5.74) is 0.194. The van der Waals surface area contributed by atoms with Gasteiger partial charge in [0, 0.05) is 28.7 Å². The van der Waals surface area contributed by atoms with Crippen LogP contribution in [0, 0.1) is 11.3 Å². The Morgan fingerprint density at radius 2 is 1.97 bits per heavy atom. The maximum Gasteiger partial charge on any atom is 0.237 e. The highest BCUT2D eigenvalue weighted by Crippen LogP contribution is 2.54. The molecule has 208 valence electrons. The minimum atomic E-state index is -1.19. The molecule has 1 saturated carbocycles. The van der Waals surface area contributed by atoms with Gasteiger partial charge in [0.2, 0.25) is 11.8 Å². The summed E-state index contributed by atoms with van der Waals surface area (Å²) in [6, 6.07) is 4.24. The van der Waals surface area contributed by atoms with Crippen LogP contribution in [0.15, 0.2) is 42.3 Å². The van der Waals surface area contributed by atoms with Gasteiger partial charge in [0.25, 0.3) is 0 Å². The molecular formula is C29H38ClF2N3O3. The van der Waals surface area contributed by atoms with Crippen molar-refractivity contribution in [2.24, 2.45) is 11.3 Å². The number of hydrogen-bond acceptors (Lipinski definition) is 4. The lowest BCUT2D eigenvalue weighted by molar-refractivity contribution is -0.126. The van der Waals surface area contributed by atoms with E-state index in [9.17, 15) is 23.5 Å². The highest BCUT2D eigenvalue weighted by molar-refractivity contribution is 6.31. The number of halogens is 3. The lowest BCUT2D eigenvalue weighted by Crippen LogP contribution is -2.50. The maximum absolute atomic E-state index is 14.0. The van der Waals surface area contributed by atoms with Crippen molar-refractivity contribution in [3.8, 4) is 0 Å². The smallest absolute Gasteiger partial charge is 0.237 e. The van der Waals surface area contributed by atoms with E-state index < -0.39 is 29.9 Å². The highest BCUT2D eigenvalue weighted by Gasteiger charge is 2.64. The summed E-state index contributed by atoms with van der Waals surface area (Å²) in [6.45, 7) is 5.10. The third-order valence-electron chi connectivity index (χ3n) is 8.04. The number of alkyl halides is 1. The van der Waals surface area contributed by atoms with Crippen molar-refractivity contribution in [1.29, 1.82) is 0 Å². The number of benzene rings is 1. The lowest BCUT2D eigenvalue weighted by atomic mass is 9.63. The molecule has 6 nitrogen and oxygen atoms in total. The van der Waals surface area contributed by atoms with Gasteiger partial charge < -0.3 is 21.1 Å². The predicted octanol–water partition coefficient (Wildman–Crippen LogP) is 5.11. The second kappa shape index (κ2) is 11.4. The van der Waals surface area contributed by atoms with E-state index in [1.54, 1.807) is 18.2 Å². The SMILES string of the molecule is CC(C)(C)C[C@@H]1N[C@@H](C(=O)N[C@H]2CC[C@H](O)CC2)[C@H](C/C=C\C=C(\F)CF)[C@]12C(=O)Nc1cc(Cl)ccc12. The van der Waals surface area contributed by atoms with E-state index >= 15 is 0 Å². The molecule has 4 rings (SSSR count). The molecule has 9 heteroatoms. The van der Waals surface area contributed by atoms with Crippen molar-refractivity contribution in [3.63, 3.8) is 0 Å². The number of nitrogens with one attached hydrogen (secondary N) is 3. The largest absolute Gasteiger partial charge is 0.393 e. The number of carbonyl (C=O) groups is 2. The molecule has 2 amide bonds. The Labute approximate surface area is 228 Å². The number of amides is 2. The topological polar surface area (TPSA) is 90.5 Å². The van der Waals surface area contributed by atoms with E-state index in [1.807, 2.05) is 6.07 Å². The van der Waals surface area contributed by atoms with Crippen LogP contribution in [0.5, 0.6) is 0 Å². The first-order chi connectivity index (χ1) is 18.0. The van der Waals surface area contributed by atoms with Crippen LogP contribution < -0.4 is 16.0 Å². The number of aliphatic hydroxyl groups excluding tert-OH is 1. The Kier molecular flexibility index (Phi) is 8.65. The van der Waals surface area contributed by atoms with Gasteiger partial charge in [-0.25, -0.2) is 8.78 Å². The summed E-state index contributed by atoms with van der Waals surface area (Å²) in [5, 5.41) is 20.1. The summed E-state index contributed by atoms with van der Waals surface area (Å²) in [5.74, 6) is -1.78. The number of hydrogen-bond donors (Lipinski definition) is 4. The molecule has 4 N–H and O–H groups in total. The van der Waals surface area contributed by atoms with Crippen LogP contribution in [-0.4, -0.2) is 47.8 Å². The molecule has 1 aromatic rings. The van der Waals surface area contributed by atoms with Crippen LogP contribution >= 0.6 is 11.6 Å². The number of carbonyl (C=O) groups excluding carboxylic acids is 2. The number of fused-ring (bicyclic) bond motifs is 2. The molecule has 0 unspecified atom stereocenters. The molecule has 1 saturated heterocycles. The van der Waals surface area contributed by atoms with E-state index in [2.05, 4.69) is 36.7 Å². The van der Waals surface area contributed by atoms with Gasteiger partial charge in [0.15, 0.2) is 0 Å². The molecule has 1 aliphatic carbocycles. The Morgan fingerprint density at radius 3 is 2.63 bits per heavy atom. The molecule has 2 fully saturated rings. The van der Waals surface area contributed by atoms with E-state index in [0.29, 0.717) is 49.2 Å². The van der Waals surface area contributed by atoms with Crippen LogP contribution in [0.25, 0.3) is 0 Å². The van der Waals surface area contributed by atoms with Gasteiger partial charge >= 0.3 is 0 Å². The first kappa shape index (κ1) is 28.7. The number of anilines is 1. The summed E-state index contributed by atoms with van der Waals surface area (Å²) in [7, 11) is 0. The Bertz CT molecular complexity index is 1110. The average molecular weight is 550 g/mol. The molecule has 38 heavy (non-hydrogen) atoms. The third-order valence-corrected chi connectivity index (χ3v) is 8.28. The lowest BCUT2D eigenvalue weighted by Gasteiger charge is -2.37. The van der Waals surface area contributed by atoms with Crippen LogP contribution in [0.2, 0.25) is 5.02 Å². The monoisotopic (exact) mass is 549 g/mol. The van der Waals surface area contributed by atoms with Gasteiger partial charge in [-0.15, -0.1) is 0 Å². The minimum Gasteiger partial charge on any atom is -0.393 e. The summed E-state index contributed by atoms with van der Waals surface area (Å²) < 4.78 is 26.0. The minimum absolute atomic E-state index is 0.0495. The van der Waals surface area contributed by atoms with Crippen molar-refractivity contribution >= 4 is 29.1 Å². The van der Waals surface area contributed by atoms with Gasteiger partial charge in [-0.2, -0.15) is 0 Å². The molecule has 3 aliphatic rings. The second-order valence-corrected chi connectivity index (χ2v) is 12.4. The quantitative estimate of drug-likeness (QED) is 0.356. The fourth-order valence-electron chi connectivity index (χ4n) is 6.39. The van der Waals surface area contributed by atoms with Gasteiger partial charge in [-0.1, -0.05) is 50.6 Å². The zero-order chi connectivity index (χ0) is 27.7. The molecule has 0 aromatic heterocycles. The standard InChI is InChI=1S/C29H38ClF2N3O3/c1-28(2,3)15-24-29(21-13-8-17(30)14-23(21)34-27(29)38)22(7-5-4-6-18(32)16-31)25(35-24)26(37)33-19-9-11-20(36)12-10-19/h4-6,8,13-14,19-20,22,24-25,35-36H,7,9-12,15-16H2,1-3H3,(H,33,37)(H,34,38)/b5-4-,18-6+/t19-,20-,22-,24-,25+,29-/m0/s1. The number of aliphatic hydroxyl groups is 1. The van der Waals surface area contributed by atoms with Crippen molar-refractivity contribution in [3.05, 3.63) is 52.8 Å². The van der Waals surface area contributed by atoms with E-state index in [-0.39, 0.29) is 35.4 Å². The van der Waals surface area contributed by atoms with Crippen LogP contribution in [0.1, 0.15) is 64.9 Å². The predicted molar refractivity (Wildman–Crippen MR) is 145 cm³/mol. The highest BCUT2D eigenvalue weighted by atomic mass is 35.5. The Balaban J connectivity index is 1.75. The fraction of sp³-hybridized carbons (Fsp3) is 0.586. The average Bonchev–Trinajstić information content (AvgIpc) is 3.31. The molecule has 0 radical (unpaired) electrons.